The molecule has 98 heavy (non-hydrogen) atoms. The molecule has 0 saturated carbocycles. The van der Waals surface area contributed by atoms with Crippen molar-refractivity contribution in [2.75, 3.05) is 26.4 Å². The highest BCUT2D eigenvalue weighted by molar-refractivity contribution is 5.74. The fourth-order valence-electron chi connectivity index (χ4n) is 11.3. The van der Waals surface area contributed by atoms with Gasteiger partial charge in [-0.3, -0.25) is 19.9 Å². The number of aromatic nitrogens is 4. The average molecular weight is 1300 g/mol. The van der Waals surface area contributed by atoms with E-state index in [-0.39, 0.29) is 0 Å². The van der Waals surface area contributed by atoms with Crippen molar-refractivity contribution in [3.05, 3.63) is 290 Å². The van der Waals surface area contributed by atoms with Crippen molar-refractivity contribution in [1.82, 2.24) is 19.9 Å². The zero-order valence-corrected chi connectivity index (χ0v) is 58.7. The van der Waals surface area contributed by atoms with Gasteiger partial charge in [0.2, 0.25) is 0 Å². The summed E-state index contributed by atoms with van der Waals surface area (Å²) in [5.74, 6) is 3.65. The number of pyridine rings is 4. The van der Waals surface area contributed by atoms with Crippen LogP contribution in [0.5, 0.6) is 23.0 Å². The van der Waals surface area contributed by atoms with Crippen LogP contribution in [0.4, 0.5) is 0 Å². The van der Waals surface area contributed by atoms with E-state index in [9.17, 15) is 0 Å². The van der Waals surface area contributed by atoms with Gasteiger partial charge < -0.3 is 18.9 Å². The topological polar surface area (TPSA) is 88.5 Å². The van der Waals surface area contributed by atoms with E-state index in [2.05, 4.69) is 242 Å². The molecule has 0 radical (unpaired) electrons. The molecule has 8 nitrogen and oxygen atoms in total. The van der Waals surface area contributed by atoms with Crippen molar-refractivity contribution in [1.29, 1.82) is 0 Å². The van der Waals surface area contributed by atoms with E-state index in [0.717, 1.165) is 77.6 Å². The molecule has 0 aliphatic rings. The molecule has 500 valence electrons. The van der Waals surface area contributed by atoms with Gasteiger partial charge in [0.1, 0.15) is 23.0 Å². The minimum absolute atomic E-state index is 0.693. The van der Waals surface area contributed by atoms with E-state index < -0.39 is 0 Å². The molecular formula is C90H96N4O4. The summed E-state index contributed by atoms with van der Waals surface area (Å²) in [6.07, 6.45) is 19.3. The molecule has 12 aromatic rings. The zero-order chi connectivity index (χ0) is 68.5. The Kier molecular flexibility index (Phi) is 28.5. The third-order valence-corrected chi connectivity index (χ3v) is 16.9. The van der Waals surface area contributed by atoms with Crippen LogP contribution < -0.4 is 18.9 Å². The van der Waals surface area contributed by atoms with Crippen molar-refractivity contribution in [3.63, 3.8) is 0 Å². The van der Waals surface area contributed by atoms with Crippen molar-refractivity contribution >= 4 is 0 Å². The van der Waals surface area contributed by atoms with Crippen LogP contribution in [-0.2, 0) is 25.7 Å². The summed E-state index contributed by atoms with van der Waals surface area (Å²) < 4.78 is 22.0. The third kappa shape index (κ3) is 21.8. The molecule has 0 aliphatic heterocycles. The maximum absolute atomic E-state index is 5.51. The van der Waals surface area contributed by atoms with Gasteiger partial charge in [0.25, 0.3) is 0 Å². The lowest BCUT2D eigenvalue weighted by atomic mass is 10.0. The van der Waals surface area contributed by atoms with Crippen LogP contribution in [0.15, 0.2) is 267 Å². The van der Waals surface area contributed by atoms with Gasteiger partial charge in [-0.1, -0.05) is 223 Å². The highest BCUT2D eigenvalue weighted by Gasteiger charge is 2.08. The molecule has 0 atom stereocenters. The number of aryl methyl sites for hydroxylation is 4. The number of nitrogens with zero attached hydrogens (tertiary/aromatic N) is 4. The first-order chi connectivity index (χ1) is 48.2. The van der Waals surface area contributed by atoms with E-state index >= 15 is 0 Å². The second kappa shape index (κ2) is 38.9. The van der Waals surface area contributed by atoms with Crippen molar-refractivity contribution in [2.24, 2.45) is 0 Å². The maximum atomic E-state index is 5.51. The van der Waals surface area contributed by atoms with Gasteiger partial charge in [0.05, 0.1) is 26.4 Å². The minimum atomic E-state index is 0.693. The standard InChI is InChI=1S/C24H27NO.C23H25NO.C22H23NO.C21H21NO/c1-3-5-6-7-23-15-12-22(18-25-23)21-10-8-19(9-11-21)20-13-16-24(17-14-20)26-4-2;1-3-5-6-22-14-11-21(17-24-22)20-9-7-18(8-10-20)19-12-15-23(16-13-19)25-4-2;1-3-5-21-13-10-20(16-23-21)19-8-6-17(7-9-19)18-11-14-22(15-12-18)24-4-2;1-3-20-12-9-19(15-22-20)18-7-5-16(6-8-18)17-10-13-21(14-11-17)23-4-2/h8-18H,3-7H2,1-2H3;7-17H,3-6H2,1-2H3;6-16H,3-5H2,1-2H3;5-15H,3-4H2,1-2H3. The summed E-state index contributed by atoms with van der Waals surface area (Å²) in [4.78, 5) is 18.2. The van der Waals surface area contributed by atoms with E-state index in [4.69, 9.17) is 18.9 Å². The summed E-state index contributed by atoms with van der Waals surface area (Å²) in [7, 11) is 0. The molecule has 0 unspecified atom stereocenters. The molecule has 0 N–H and O–H groups in total. The predicted octanol–water partition coefficient (Wildman–Crippen LogP) is 23.8. The van der Waals surface area contributed by atoms with Gasteiger partial charge in [-0.25, -0.2) is 0 Å². The predicted molar refractivity (Wildman–Crippen MR) is 410 cm³/mol. The van der Waals surface area contributed by atoms with Crippen LogP contribution in [0.3, 0.4) is 0 Å². The van der Waals surface area contributed by atoms with E-state index in [1.165, 1.54) is 121 Å². The minimum Gasteiger partial charge on any atom is -0.494 e. The van der Waals surface area contributed by atoms with Gasteiger partial charge in [-0.2, -0.15) is 0 Å². The largest absolute Gasteiger partial charge is 0.494 e. The molecular weight excluding hydrogens is 1200 g/mol. The summed E-state index contributed by atoms with van der Waals surface area (Å²) in [5, 5.41) is 0. The quantitative estimate of drug-likeness (QED) is 0.0496. The lowest BCUT2D eigenvalue weighted by molar-refractivity contribution is 0.340. The number of hydrogen-bond acceptors (Lipinski definition) is 8. The Morgan fingerprint density at radius 3 is 0.602 bits per heavy atom. The van der Waals surface area contributed by atoms with Crippen LogP contribution >= 0.6 is 0 Å². The summed E-state index contributed by atoms with van der Waals surface area (Å²) >= 11 is 0. The summed E-state index contributed by atoms with van der Waals surface area (Å²) in [6.45, 7) is 19.5. The number of benzene rings is 8. The molecule has 0 amide bonds. The molecule has 4 aromatic heterocycles. The first-order valence-corrected chi connectivity index (χ1v) is 35.3. The lowest BCUT2D eigenvalue weighted by Gasteiger charge is -2.07. The number of ether oxygens (including phenoxy) is 4. The van der Waals surface area contributed by atoms with Crippen LogP contribution in [0, 0.1) is 0 Å². The fraction of sp³-hybridized carbons (Fsp3) is 0.244. The van der Waals surface area contributed by atoms with Gasteiger partial charge in [-0.05, 0) is 206 Å². The Bertz CT molecular complexity index is 4110. The van der Waals surface area contributed by atoms with Gasteiger partial charge in [0, 0.05) is 69.8 Å². The number of hydrogen-bond donors (Lipinski definition) is 0. The van der Waals surface area contributed by atoms with Gasteiger partial charge >= 0.3 is 0 Å². The Morgan fingerprint density at radius 1 is 0.194 bits per heavy atom. The first kappa shape index (κ1) is 71.8. The molecule has 0 spiro atoms. The van der Waals surface area contributed by atoms with Crippen molar-refractivity contribution in [3.8, 4) is 112 Å². The number of unbranched alkanes of at least 4 members (excludes halogenated alkanes) is 3. The lowest BCUT2D eigenvalue weighted by Crippen LogP contribution is -1.91. The van der Waals surface area contributed by atoms with E-state index in [1.807, 2.05) is 101 Å². The van der Waals surface area contributed by atoms with Gasteiger partial charge in [0.15, 0.2) is 0 Å². The molecule has 0 saturated heterocycles. The van der Waals surface area contributed by atoms with Crippen LogP contribution in [0.1, 0.15) is 117 Å². The van der Waals surface area contributed by atoms with Crippen LogP contribution in [0.2, 0.25) is 0 Å². The maximum Gasteiger partial charge on any atom is 0.119 e. The first-order valence-electron chi connectivity index (χ1n) is 35.3. The average Bonchev–Trinajstić information content (AvgIpc) is 0.928. The van der Waals surface area contributed by atoms with Crippen LogP contribution in [-0.4, -0.2) is 46.4 Å². The smallest absolute Gasteiger partial charge is 0.119 e. The molecule has 8 heteroatoms. The highest BCUT2D eigenvalue weighted by atomic mass is 16.5. The fourth-order valence-corrected chi connectivity index (χ4v) is 11.3. The van der Waals surface area contributed by atoms with Crippen LogP contribution in [0.25, 0.3) is 89.0 Å². The Hall–Kier alpha value is -10.4. The zero-order valence-electron chi connectivity index (χ0n) is 58.7. The third-order valence-electron chi connectivity index (χ3n) is 16.9. The van der Waals surface area contributed by atoms with Gasteiger partial charge in [-0.15, -0.1) is 0 Å². The highest BCUT2D eigenvalue weighted by Crippen LogP contribution is 2.31. The SMILES string of the molecule is CCCCCc1ccc(-c2ccc(-c3ccc(OCC)cc3)cc2)cn1.CCCCc1ccc(-c2ccc(-c3ccc(OCC)cc3)cc2)cn1.CCCc1ccc(-c2ccc(-c3ccc(OCC)cc3)cc2)cn1.CCOc1ccc(-c2ccc(-c3ccc(CC)nc3)cc2)cc1. The Morgan fingerprint density at radius 2 is 0.398 bits per heavy atom. The molecule has 0 bridgehead atoms. The Balaban J connectivity index is 0.000000153. The molecule has 12 rings (SSSR count). The van der Waals surface area contributed by atoms with Crippen molar-refractivity contribution in [2.45, 2.75) is 120 Å². The van der Waals surface area contributed by atoms with E-state index in [0.29, 0.717) is 26.4 Å². The molecule has 0 aliphatic carbocycles. The molecule has 4 heterocycles. The summed E-state index contributed by atoms with van der Waals surface area (Å²) in [6, 6.07) is 84.6. The Labute approximate surface area is 583 Å². The van der Waals surface area contributed by atoms with E-state index in [1.54, 1.807) is 0 Å². The second-order valence-electron chi connectivity index (χ2n) is 24.0. The number of rotatable bonds is 26. The monoisotopic (exact) mass is 1300 g/mol. The second-order valence-corrected chi connectivity index (χ2v) is 24.0. The normalized spacial score (nSPS) is 10.6. The summed E-state index contributed by atoms with van der Waals surface area (Å²) in [5.41, 5.74) is 23.7. The molecule has 8 aromatic carbocycles. The van der Waals surface area contributed by atoms with Crippen molar-refractivity contribution < 1.29 is 18.9 Å². The molecule has 0 fully saturated rings.